The van der Waals surface area contributed by atoms with Gasteiger partial charge in [0.15, 0.2) is 0 Å². The number of imidazole rings is 1. The number of hydrogen-bond donors (Lipinski definition) is 0. The van der Waals surface area contributed by atoms with Crippen molar-refractivity contribution in [3.05, 3.63) is 197 Å². The SMILES string of the molecule is [2H]C([2H])([2H])c1c[c-]c(-c2cc(C([2H])([2H])C(C)(C)C)c([Si](C)(C)C)cn2)cc1.[2H]C([2H])([2H])c1ccc(-c2cc(C(C)C)c(-n3c(-c4[c-]ccc5c4oc4nc(C([2H])([2H])c6ccccc6)ccc45)nc4ccccc43)c(C(C)C)c2)cc1.[Ir]. The van der Waals surface area contributed by atoms with Crippen molar-refractivity contribution < 1.29 is 38.2 Å². The van der Waals surface area contributed by atoms with Crippen LogP contribution in [-0.4, -0.2) is 27.6 Å². The Morgan fingerprint density at radius 3 is 2.07 bits per heavy atom. The molecule has 0 N–H and O–H groups in total. The summed E-state index contributed by atoms with van der Waals surface area (Å²) in [6.07, 6.45) is -1.55. The molecule has 5 nitrogen and oxygen atoms in total. The molecule has 10 rings (SSSR count). The standard InChI is InChI=1S/C44H38N3O.C20H28NSi.Ir/c1-27(2)37-25-32(31-20-18-29(5)19-21-31)26-38(28(3)4)41(37)47-40-17-10-9-16-39(40)46-43(47)36-15-11-14-34-35-23-22-33(45-44(35)48-42(34)36)24-30-12-7-6-8-13-30;1-15-8-10-16(11-9-15)18-12-17(13-20(2,3)4)19(14-21-18)22(5,6)7;/h6-14,16-23,25-28H,24H2,1-5H3;8-10,12,14H,13H2,1-7H3;/q2*-1;/i5D3,24D2;1D3,13D2;. The molecule has 0 saturated carbocycles. The van der Waals surface area contributed by atoms with E-state index in [1.165, 1.54) is 6.07 Å². The van der Waals surface area contributed by atoms with Crippen molar-refractivity contribution in [1.29, 1.82) is 0 Å². The van der Waals surface area contributed by atoms with Crippen molar-refractivity contribution >= 4 is 46.4 Å². The summed E-state index contributed by atoms with van der Waals surface area (Å²) < 4.78 is 90.2. The Hall–Kier alpha value is -6.24. The Morgan fingerprint density at radius 2 is 1.42 bits per heavy atom. The second kappa shape index (κ2) is 20.8. The number of nitrogens with zero attached hydrogens (tertiary/aromatic N) is 4. The maximum absolute atomic E-state index is 8.91. The number of aromatic nitrogens is 4. The van der Waals surface area contributed by atoms with Crippen molar-refractivity contribution in [3.63, 3.8) is 0 Å². The third kappa shape index (κ3) is 11.1. The monoisotopic (exact) mass is 1140 g/mol. The van der Waals surface area contributed by atoms with E-state index in [2.05, 4.69) is 87.2 Å². The van der Waals surface area contributed by atoms with Gasteiger partial charge in [-0.15, -0.1) is 53.6 Å². The van der Waals surface area contributed by atoms with Crippen molar-refractivity contribution in [3.8, 4) is 39.5 Å². The van der Waals surface area contributed by atoms with E-state index in [1.54, 1.807) is 48.7 Å². The second-order valence-electron chi connectivity index (χ2n) is 20.6. The smallest absolute Gasteiger partial charge is 0.216 e. The number of para-hydroxylation sites is 2. The molecule has 4 aromatic heterocycles. The van der Waals surface area contributed by atoms with E-state index < -0.39 is 39.9 Å². The third-order valence-electron chi connectivity index (χ3n) is 12.3. The van der Waals surface area contributed by atoms with Crippen LogP contribution in [0.25, 0.3) is 72.6 Å². The number of benzene rings is 6. The molecule has 0 fully saturated rings. The first-order valence-corrected chi connectivity index (χ1v) is 27.5. The van der Waals surface area contributed by atoms with Gasteiger partial charge < -0.3 is 14.0 Å². The van der Waals surface area contributed by atoms with Gasteiger partial charge in [-0.2, -0.15) is 0 Å². The van der Waals surface area contributed by atoms with E-state index in [9.17, 15) is 0 Å². The number of fused-ring (bicyclic) bond motifs is 4. The summed E-state index contributed by atoms with van der Waals surface area (Å²) in [6.45, 7) is 16.7. The fraction of sp³-hybridized carbons (Fsp3) is 0.266. The zero-order valence-corrected chi connectivity index (χ0v) is 45.4. The van der Waals surface area contributed by atoms with E-state index in [1.807, 2.05) is 93.6 Å². The molecular weight excluding hydrogens is 1060 g/mol. The Labute approximate surface area is 450 Å². The van der Waals surface area contributed by atoms with E-state index in [0.717, 1.165) is 54.9 Å². The van der Waals surface area contributed by atoms with E-state index >= 15 is 0 Å². The largest absolute Gasteiger partial charge is 0.486 e. The summed E-state index contributed by atoms with van der Waals surface area (Å²) in [5, 5.41) is 2.63. The Morgan fingerprint density at radius 1 is 0.732 bits per heavy atom. The average molecular weight is 1140 g/mol. The fourth-order valence-corrected chi connectivity index (χ4v) is 10.3. The molecule has 0 unspecified atom stereocenters. The normalized spacial score (nSPS) is 14.8. The molecule has 0 aliphatic carbocycles. The number of hydrogen-bond acceptors (Lipinski definition) is 4. The van der Waals surface area contributed by atoms with Crippen LogP contribution in [0.3, 0.4) is 0 Å². The van der Waals surface area contributed by atoms with E-state index in [0.29, 0.717) is 50.6 Å². The van der Waals surface area contributed by atoms with Gasteiger partial charge in [-0.3, -0.25) is 4.98 Å². The molecule has 71 heavy (non-hydrogen) atoms. The minimum Gasteiger partial charge on any atom is -0.486 e. The first-order valence-electron chi connectivity index (χ1n) is 29.0. The first-order chi connectivity index (χ1) is 37.4. The minimum absolute atomic E-state index is 0. The molecular formula is C64H66IrN4OSi-2. The molecule has 1 radical (unpaired) electrons. The van der Waals surface area contributed by atoms with Gasteiger partial charge in [0.1, 0.15) is 0 Å². The van der Waals surface area contributed by atoms with Crippen LogP contribution in [0.1, 0.15) is 113 Å². The van der Waals surface area contributed by atoms with Crippen molar-refractivity contribution in [2.75, 3.05) is 0 Å². The number of pyridine rings is 2. The summed E-state index contributed by atoms with van der Waals surface area (Å²) in [5.41, 5.74) is 11.3. The summed E-state index contributed by atoms with van der Waals surface area (Å²) in [7, 11) is -1.81. The first kappa shape index (κ1) is 39.4. The predicted molar refractivity (Wildman–Crippen MR) is 297 cm³/mol. The molecule has 363 valence electrons. The van der Waals surface area contributed by atoms with Gasteiger partial charge in [-0.05, 0) is 106 Å². The molecule has 7 heteroatoms. The third-order valence-corrected chi connectivity index (χ3v) is 14.3. The van der Waals surface area contributed by atoms with Crippen LogP contribution >= 0.6 is 0 Å². The van der Waals surface area contributed by atoms with Crippen molar-refractivity contribution in [2.45, 2.75) is 106 Å². The molecule has 0 aliphatic heterocycles. The van der Waals surface area contributed by atoms with Gasteiger partial charge in [0, 0.05) is 63.2 Å². The second-order valence-corrected chi connectivity index (χ2v) is 25.7. The molecule has 0 bridgehead atoms. The van der Waals surface area contributed by atoms with Crippen LogP contribution in [0, 0.1) is 31.3 Å². The van der Waals surface area contributed by atoms with Crippen molar-refractivity contribution in [1.82, 2.24) is 19.5 Å². The van der Waals surface area contributed by atoms with E-state index in [-0.39, 0.29) is 43.2 Å². The number of furan rings is 1. The maximum atomic E-state index is 8.91. The molecule has 0 amide bonds. The molecule has 0 spiro atoms. The van der Waals surface area contributed by atoms with Crippen LogP contribution in [-0.2, 0) is 32.9 Å². The van der Waals surface area contributed by atoms with Gasteiger partial charge in [0.25, 0.3) is 0 Å². The van der Waals surface area contributed by atoms with Gasteiger partial charge in [0.2, 0.25) is 5.71 Å². The molecule has 0 atom stereocenters. The van der Waals surface area contributed by atoms with Crippen LogP contribution in [0.5, 0.6) is 0 Å². The topological polar surface area (TPSA) is 56.7 Å². The summed E-state index contributed by atoms with van der Waals surface area (Å²) >= 11 is 0. The number of aryl methyl sites for hydroxylation is 2. The Balaban J connectivity index is 0.000000260. The average Bonchev–Trinajstić information content (AvgIpc) is 4.18. The van der Waals surface area contributed by atoms with Crippen LogP contribution in [0.15, 0.2) is 150 Å². The van der Waals surface area contributed by atoms with Crippen LogP contribution in [0.2, 0.25) is 19.6 Å². The number of rotatable bonds is 10. The molecule has 6 aromatic carbocycles. The van der Waals surface area contributed by atoms with Gasteiger partial charge in [0.05, 0.1) is 30.5 Å². The van der Waals surface area contributed by atoms with Gasteiger partial charge in [-0.25, -0.2) is 4.98 Å². The minimum atomic E-state index is -2.17. The molecule has 10 aromatic rings. The Kier molecular flexibility index (Phi) is 11.6. The fourth-order valence-electron chi connectivity index (χ4n) is 8.89. The molecule has 0 aliphatic rings. The van der Waals surface area contributed by atoms with Crippen LogP contribution in [0.4, 0.5) is 0 Å². The van der Waals surface area contributed by atoms with Crippen molar-refractivity contribution in [2.24, 2.45) is 5.41 Å². The van der Waals surface area contributed by atoms with Gasteiger partial charge in [-0.1, -0.05) is 170 Å². The van der Waals surface area contributed by atoms with E-state index in [4.69, 9.17) is 28.1 Å². The zero-order chi connectivity index (χ0) is 58.1. The molecule has 4 heterocycles. The quantitative estimate of drug-likeness (QED) is 0.101. The maximum Gasteiger partial charge on any atom is 0.216 e. The predicted octanol–water partition coefficient (Wildman–Crippen LogP) is 16.6. The summed E-state index contributed by atoms with van der Waals surface area (Å²) in [5.74, 6) is 0.937. The Bertz CT molecular complexity index is 3860. The van der Waals surface area contributed by atoms with Crippen LogP contribution < -0.4 is 5.19 Å². The molecule has 0 saturated heterocycles. The summed E-state index contributed by atoms with van der Waals surface area (Å²) in [4.78, 5) is 14.5. The van der Waals surface area contributed by atoms with Gasteiger partial charge >= 0.3 is 0 Å². The zero-order valence-electron chi connectivity index (χ0n) is 52.0. The summed E-state index contributed by atoms with van der Waals surface area (Å²) in [6, 6.07) is 49.2.